The lowest BCUT2D eigenvalue weighted by Gasteiger charge is -2.21. The average molecular weight is 456 g/mol. The smallest absolute Gasteiger partial charge is 0.257 e. The number of carbonyl (C=O) groups is 1. The lowest BCUT2D eigenvalue weighted by molar-refractivity contribution is 0.102. The van der Waals surface area contributed by atoms with Crippen LogP contribution in [0.15, 0.2) is 54.9 Å². The van der Waals surface area contributed by atoms with E-state index in [0.717, 1.165) is 48.3 Å². The topological polar surface area (TPSA) is 72.3 Å². The van der Waals surface area contributed by atoms with E-state index < -0.39 is 0 Å². The molecule has 7 heteroatoms. The van der Waals surface area contributed by atoms with E-state index in [2.05, 4.69) is 69.9 Å². The summed E-state index contributed by atoms with van der Waals surface area (Å²) >= 11 is 0. The van der Waals surface area contributed by atoms with Gasteiger partial charge in [-0.2, -0.15) is 0 Å². The van der Waals surface area contributed by atoms with Crippen LogP contribution in [0.25, 0.3) is 22.0 Å². The van der Waals surface area contributed by atoms with Crippen LogP contribution >= 0.6 is 0 Å². The lowest BCUT2D eigenvalue weighted by atomic mass is 10.1. The summed E-state index contributed by atoms with van der Waals surface area (Å²) in [5, 5.41) is 5.00. The van der Waals surface area contributed by atoms with Crippen molar-refractivity contribution in [2.45, 2.75) is 20.3 Å². The van der Waals surface area contributed by atoms with Gasteiger partial charge in [0, 0.05) is 61.5 Å². The molecule has 0 bridgehead atoms. The van der Waals surface area contributed by atoms with Gasteiger partial charge in [0.15, 0.2) is 0 Å². The molecule has 7 nitrogen and oxygen atoms in total. The summed E-state index contributed by atoms with van der Waals surface area (Å²) in [7, 11) is 2.09. The van der Waals surface area contributed by atoms with Gasteiger partial charge in [-0.05, 0) is 67.1 Å². The highest BCUT2D eigenvalue weighted by molar-refractivity contribution is 6.05. The number of carbonyl (C=O) groups excluding carboxylic acids is 1. The Morgan fingerprint density at radius 1 is 1.00 bits per heavy atom. The molecule has 34 heavy (non-hydrogen) atoms. The van der Waals surface area contributed by atoms with Crippen molar-refractivity contribution in [1.82, 2.24) is 14.5 Å². The van der Waals surface area contributed by atoms with Crippen LogP contribution in [-0.2, 0) is 11.8 Å². The van der Waals surface area contributed by atoms with Gasteiger partial charge in [-0.1, -0.05) is 12.1 Å². The number of fused-ring (bicyclic) bond motifs is 1. The highest BCUT2D eigenvalue weighted by Gasteiger charge is 2.15. The molecule has 1 aliphatic heterocycles. The summed E-state index contributed by atoms with van der Waals surface area (Å²) in [6, 6.07) is 14.0. The number of rotatable bonds is 4. The van der Waals surface area contributed by atoms with Gasteiger partial charge in [0.25, 0.3) is 5.91 Å². The van der Waals surface area contributed by atoms with E-state index in [0.29, 0.717) is 18.0 Å². The number of anilines is 2. The zero-order chi connectivity index (χ0) is 23.7. The van der Waals surface area contributed by atoms with Crippen LogP contribution in [0, 0.1) is 13.8 Å². The molecule has 0 saturated carbocycles. The molecule has 1 saturated heterocycles. The monoisotopic (exact) mass is 455 g/mol. The standard InChI is InChI=1S/C27H29N5O2/c1-18-13-24(31(3)19(18)2)20-5-6-22-17-29-25(15-23(22)14-20)30-27(33)21-7-8-28-26(16-21)32-9-4-11-34-12-10-32/h5-8,13-17H,4,9-12H2,1-3H3,(H,29,30,33). The number of aromatic nitrogens is 3. The maximum atomic E-state index is 13.0. The number of nitrogens with zero attached hydrogens (tertiary/aromatic N) is 4. The third-order valence-corrected chi connectivity index (χ3v) is 6.60. The second-order valence-electron chi connectivity index (χ2n) is 8.80. The number of amides is 1. The fourth-order valence-corrected chi connectivity index (χ4v) is 4.39. The van der Waals surface area contributed by atoms with Gasteiger partial charge in [0.05, 0.1) is 6.61 Å². The van der Waals surface area contributed by atoms with E-state index in [1.54, 1.807) is 18.5 Å². The Hall–Kier alpha value is -3.71. The van der Waals surface area contributed by atoms with Gasteiger partial charge in [-0.15, -0.1) is 0 Å². The first-order chi connectivity index (χ1) is 16.5. The van der Waals surface area contributed by atoms with Crippen LogP contribution in [-0.4, -0.2) is 46.7 Å². The number of aryl methyl sites for hydroxylation is 1. The first kappa shape index (κ1) is 22.1. The van der Waals surface area contributed by atoms with Crippen LogP contribution in [0.5, 0.6) is 0 Å². The quantitative estimate of drug-likeness (QED) is 0.482. The van der Waals surface area contributed by atoms with Crippen molar-refractivity contribution < 1.29 is 9.53 Å². The van der Waals surface area contributed by atoms with Crippen LogP contribution in [0.3, 0.4) is 0 Å². The number of ether oxygens (including phenoxy) is 1. The molecule has 1 amide bonds. The minimum atomic E-state index is -0.202. The summed E-state index contributed by atoms with van der Waals surface area (Å²) in [4.78, 5) is 24.1. The van der Waals surface area contributed by atoms with Crippen molar-refractivity contribution in [3.8, 4) is 11.3 Å². The molecule has 4 aromatic rings. The van der Waals surface area contributed by atoms with Crippen molar-refractivity contribution in [2.24, 2.45) is 7.05 Å². The Morgan fingerprint density at radius 3 is 2.71 bits per heavy atom. The Bertz CT molecular complexity index is 1350. The molecule has 1 N–H and O–H groups in total. The average Bonchev–Trinajstić information content (AvgIpc) is 3.05. The molecule has 1 fully saturated rings. The summed E-state index contributed by atoms with van der Waals surface area (Å²) in [6.07, 6.45) is 4.42. The Morgan fingerprint density at radius 2 is 1.88 bits per heavy atom. The van der Waals surface area contributed by atoms with E-state index in [1.165, 1.54) is 17.0 Å². The fraction of sp³-hybridized carbons (Fsp3) is 0.296. The molecule has 4 heterocycles. The highest BCUT2D eigenvalue weighted by Crippen LogP contribution is 2.28. The molecular weight excluding hydrogens is 426 g/mol. The molecule has 3 aromatic heterocycles. The van der Waals surface area contributed by atoms with Gasteiger partial charge >= 0.3 is 0 Å². The Labute approximate surface area is 199 Å². The molecule has 0 aliphatic carbocycles. The molecule has 174 valence electrons. The second-order valence-corrected chi connectivity index (χ2v) is 8.80. The van der Waals surface area contributed by atoms with Crippen LogP contribution in [0.2, 0.25) is 0 Å². The minimum absolute atomic E-state index is 0.202. The molecule has 0 atom stereocenters. The number of hydrogen-bond donors (Lipinski definition) is 1. The van der Waals surface area contributed by atoms with E-state index in [-0.39, 0.29) is 5.91 Å². The van der Waals surface area contributed by atoms with Crippen molar-refractivity contribution >= 4 is 28.3 Å². The summed E-state index contributed by atoms with van der Waals surface area (Å²) < 4.78 is 7.74. The molecule has 0 radical (unpaired) electrons. The summed E-state index contributed by atoms with van der Waals surface area (Å²) in [5.41, 5.74) is 5.38. The molecule has 0 unspecified atom stereocenters. The predicted molar refractivity (Wildman–Crippen MR) is 135 cm³/mol. The molecule has 1 aromatic carbocycles. The zero-order valence-electron chi connectivity index (χ0n) is 19.8. The molecular formula is C27H29N5O2. The van der Waals surface area contributed by atoms with Gasteiger partial charge < -0.3 is 19.5 Å². The van der Waals surface area contributed by atoms with Crippen molar-refractivity contribution in [3.63, 3.8) is 0 Å². The van der Waals surface area contributed by atoms with Gasteiger partial charge in [0.2, 0.25) is 0 Å². The third-order valence-electron chi connectivity index (χ3n) is 6.60. The summed E-state index contributed by atoms with van der Waals surface area (Å²) in [5.74, 6) is 1.12. The summed E-state index contributed by atoms with van der Waals surface area (Å²) in [6.45, 7) is 7.32. The van der Waals surface area contributed by atoms with Crippen LogP contribution in [0.1, 0.15) is 28.0 Å². The maximum Gasteiger partial charge on any atom is 0.257 e. The van der Waals surface area contributed by atoms with Crippen LogP contribution in [0.4, 0.5) is 11.6 Å². The third kappa shape index (κ3) is 4.39. The first-order valence-electron chi connectivity index (χ1n) is 11.6. The number of hydrogen-bond acceptors (Lipinski definition) is 5. The van der Waals surface area contributed by atoms with E-state index >= 15 is 0 Å². The first-order valence-corrected chi connectivity index (χ1v) is 11.6. The number of pyridine rings is 2. The van der Waals surface area contributed by atoms with Crippen molar-refractivity contribution in [1.29, 1.82) is 0 Å². The van der Waals surface area contributed by atoms with Crippen molar-refractivity contribution in [3.05, 3.63) is 71.7 Å². The highest BCUT2D eigenvalue weighted by atomic mass is 16.5. The maximum absolute atomic E-state index is 13.0. The number of benzene rings is 1. The number of nitrogens with one attached hydrogen (secondary N) is 1. The van der Waals surface area contributed by atoms with Gasteiger partial charge in [-0.3, -0.25) is 4.79 Å². The molecule has 5 rings (SSSR count). The molecule has 0 spiro atoms. The Kier molecular flexibility index (Phi) is 6.02. The normalized spacial score (nSPS) is 14.3. The minimum Gasteiger partial charge on any atom is -0.380 e. The van der Waals surface area contributed by atoms with Crippen LogP contribution < -0.4 is 10.2 Å². The van der Waals surface area contributed by atoms with Crippen molar-refractivity contribution in [2.75, 3.05) is 36.5 Å². The fourth-order valence-electron chi connectivity index (χ4n) is 4.39. The largest absolute Gasteiger partial charge is 0.380 e. The van der Waals surface area contributed by atoms with E-state index in [4.69, 9.17) is 4.74 Å². The second kappa shape index (κ2) is 9.27. The van der Waals surface area contributed by atoms with Gasteiger partial charge in [-0.25, -0.2) is 9.97 Å². The zero-order valence-corrected chi connectivity index (χ0v) is 19.8. The lowest BCUT2D eigenvalue weighted by Crippen LogP contribution is -2.27. The molecule has 1 aliphatic rings. The SMILES string of the molecule is Cc1cc(-c2ccc3cnc(NC(=O)c4ccnc(N5CCCOCC5)c4)cc3c2)n(C)c1C. The van der Waals surface area contributed by atoms with Gasteiger partial charge in [0.1, 0.15) is 11.6 Å². The van der Waals surface area contributed by atoms with E-state index in [1.807, 2.05) is 12.1 Å². The Balaban J connectivity index is 1.38. The van der Waals surface area contributed by atoms with E-state index in [9.17, 15) is 4.79 Å². The predicted octanol–water partition coefficient (Wildman–Crippen LogP) is 4.73.